The first kappa shape index (κ1) is 18.8. The third-order valence-electron chi connectivity index (χ3n) is 5.99. The predicted octanol–water partition coefficient (Wildman–Crippen LogP) is 1.46. The number of carbonyl (C=O) groups excluding carboxylic acids is 2. The zero-order valence-electron chi connectivity index (χ0n) is 16.5. The van der Waals surface area contributed by atoms with E-state index in [-0.39, 0.29) is 23.9 Å². The van der Waals surface area contributed by atoms with Crippen molar-refractivity contribution in [2.45, 2.75) is 18.5 Å². The Balaban J connectivity index is 1.17. The molecule has 2 unspecified atom stereocenters. The van der Waals surface area contributed by atoms with E-state index in [2.05, 4.69) is 20.8 Å². The van der Waals surface area contributed by atoms with Crippen LogP contribution in [0.15, 0.2) is 55.0 Å². The molecule has 5 rings (SSSR count). The topological polar surface area (TPSA) is 93.4 Å². The smallest absolute Gasteiger partial charge is 0.254 e. The monoisotopic (exact) mass is 404 g/mol. The molecule has 3 aromatic rings. The van der Waals surface area contributed by atoms with Gasteiger partial charge in [-0.05, 0) is 47.7 Å². The van der Waals surface area contributed by atoms with Crippen molar-refractivity contribution in [3.8, 4) is 0 Å². The summed E-state index contributed by atoms with van der Waals surface area (Å²) >= 11 is 0. The normalized spacial score (nSPS) is 21.9. The number of fused-ring (bicyclic) bond motifs is 1. The lowest BCUT2D eigenvalue weighted by Crippen LogP contribution is -2.54. The van der Waals surface area contributed by atoms with E-state index in [1.807, 2.05) is 52.4 Å². The second kappa shape index (κ2) is 7.89. The van der Waals surface area contributed by atoms with Crippen molar-refractivity contribution in [2.24, 2.45) is 0 Å². The fraction of sp³-hybridized carbons (Fsp3) is 0.318. The molecule has 3 N–H and O–H groups in total. The molecule has 1 aromatic carbocycles. The van der Waals surface area contributed by atoms with Crippen LogP contribution in [0.5, 0.6) is 0 Å². The van der Waals surface area contributed by atoms with Crippen molar-refractivity contribution in [1.29, 1.82) is 0 Å². The van der Waals surface area contributed by atoms with E-state index in [9.17, 15) is 9.59 Å². The van der Waals surface area contributed by atoms with E-state index in [1.54, 1.807) is 12.4 Å². The average molecular weight is 404 g/mol. The molecule has 8 heteroatoms. The van der Waals surface area contributed by atoms with Gasteiger partial charge in [0.05, 0.1) is 0 Å². The summed E-state index contributed by atoms with van der Waals surface area (Å²) in [6.45, 7) is 2.18. The van der Waals surface area contributed by atoms with E-state index in [0.717, 1.165) is 16.5 Å². The molecule has 2 amide bonds. The zero-order chi connectivity index (χ0) is 20.5. The SMILES string of the molecule is O=C(c1ccc2cc[nH]c2c1)N1CCN(C(=O)C2CC(c3ccncc3)NN2)CC1. The number of aromatic nitrogens is 2. The van der Waals surface area contributed by atoms with Gasteiger partial charge >= 0.3 is 0 Å². The maximum atomic E-state index is 12.9. The molecule has 0 radical (unpaired) electrons. The third kappa shape index (κ3) is 3.55. The van der Waals surface area contributed by atoms with Crippen molar-refractivity contribution < 1.29 is 9.59 Å². The summed E-state index contributed by atoms with van der Waals surface area (Å²) in [4.78, 5) is 36.7. The van der Waals surface area contributed by atoms with Crippen LogP contribution in [-0.2, 0) is 4.79 Å². The Morgan fingerprint density at radius 1 is 0.933 bits per heavy atom. The van der Waals surface area contributed by atoms with Crippen LogP contribution in [0, 0.1) is 0 Å². The number of pyridine rings is 1. The van der Waals surface area contributed by atoms with Gasteiger partial charge in [-0.3, -0.25) is 14.6 Å². The summed E-state index contributed by atoms with van der Waals surface area (Å²) < 4.78 is 0. The lowest BCUT2D eigenvalue weighted by Gasteiger charge is -2.36. The number of H-pyrrole nitrogens is 1. The van der Waals surface area contributed by atoms with Crippen LogP contribution < -0.4 is 10.9 Å². The standard InChI is InChI=1S/C22H24N6O2/c29-21(17-2-1-15-5-8-24-18(15)13-17)27-9-11-28(12-10-27)22(30)20-14-19(25-26-20)16-3-6-23-7-4-16/h1-8,13,19-20,24-26H,9-12,14H2. The molecule has 8 nitrogen and oxygen atoms in total. The van der Waals surface area contributed by atoms with Gasteiger partial charge in [0.1, 0.15) is 6.04 Å². The summed E-state index contributed by atoms with van der Waals surface area (Å²) in [7, 11) is 0. The van der Waals surface area contributed by atoms with E-state index >= 15 is 0 Å². The van der Waals surface area contributed by atoms with Gasteiger partial charge in [-0.2, -0.15) is 0 Å². The molecule has 30 heavy (non-hydrogen) atoms. The quantitative estimate of drug-likeness (QED) is 0.615. The molecule has 0 spiro atoms. The molecule has 0 bridgehead atoms. The van der Waals surface area contributed by atoms with Gasteiger partial charge in [0, 0.05) is 61.9 Å². The van der Waals surface area contributed by atoms with Gasteiger partial charge < -0.3 is 14.8 Å². The molecular formula is C22H24N6O2. The fourth-order valence-corrected chi connectivity index (χ4v) is 4.25. The van der Waals surface area contributed by atoms with Gasteiger partial charge in [-0.15, -0.1) is 0 Å². The van der Waals surface area contributed by atoms with E-state index in [0.29, 0.717) is 38.2 Å². The number of benzene rings is 1. The van der Waals surface area contributed by atoms with Crippen LogP contribution in [0.4, 0.5) is 0 Å². The largest absolute Gasteiger partial charge is 0.361 e. The molecule has 4 heterocycles. The van der Waals surface area contributed by atoms with Gasteiger partial charge in [-0.25, -0.2) is 10.9 Å². The number of hydrazine groups is 1. The number of amides is 2. The second-order valence-electron chi connectivity index (χ2n) is 7.81. The second-order valence-corrected chi connectivity index (χ2v) is 7.81. The highest BCUT2D eigenvalue weighted by Gasteiger charge is 2.34. The first-order valence-electron chi connectivity index (χ1n) is 10.3. The summed E-state index contributed by atoms with van der Waals surface area (Å²) in [5, 5.41) is 1.09. The highest BCUT2D eigenvalue weighted by molar-refractivity contribution is 5.98. The zero-order valence-corrected chi connectivity index (χ0v) is 16.5. The Bertz CT molecular complexity index is 1060. The summed E-state index contributed by atoms with van der Waals surface area (Å²) in [6.07, 6.45) is 6.08. The molecule has 2 aliphatic rings. The first-order valence-corrected chi connectivity index (χ1v) is 10.3. The highest BCUT2D eigenvalue weighted by atomic mass is 16.2. The molecule has 154 valence electrons. The number of hydrogen-bond acceptors (Lipinski definition) is 5. The van der Waals surface area contributed by atoms with Gasteiger partial charge in [0.2, 0.25) is 5.91 Å². The van der Waals surface area contributed by atoms with Crippen molar-refractivity contribution in [2.75, 3.05) is 26.2 Å². The Morgan fingerprint density at radius 2 is 1.70 bits per heavy atom. The molecule has 2 atom stereocenters. The van der Waals surface area contributed by atoms with Crippen molar-refractivity contribution in [3.05, 3.63) is 66.1 Å². The van der Waals surface area contributed by atoms with Gasteiger partial charge in [-0.1, -0.05) is 6.07 Å². The summed E-state index contributed by atoms with van der Waals surface area (Å²) in [6, 6.07) is 11.4. The summed E-state index contributed by atoms with van der Waals surface area (Å²) in [5.74, 6) is 0.0935. The molecular weight excluding hydrogens is 380 g/mol. The van der Waals surface area contributed by atoms with E-state index in [4.69, 9.17) is 0 Å². The van der Waals surface area contributed by atoms with Crippen LogP contribution in [-0.4, -0.2) is 63.8 Å². The molecule has 0 aliphatic carbocycles. The first-order chi connectivity index (χ1) is 14.7. The maximum absolute atomic E-state index is 12.9. The number of nitrogens with zero attached hydrogens (tertiary/aromatic N) is 3. The maximum Gasteiger partial charge on any atom is 0.254 e. The van der Waals surface area contributed by atoms with Gasteiger partial charge in [0.15, 0.2) is 0 Å². The lowest BCUT2D eigenvalue weighted by molar-refractivity contribution is -0.134. The van der Waals surface area contributed by atoms with Crippen molar-refractivity contribution >= 4 is 22.7 Å². The van der Waals surface area contributed by atoms with Crippen molar-refractivity contribution in [3.63, 3.8) is 0 Å². The number of carbonyl (C=O) groups is 2. The minimum atomic E-state index is -0.263. The Kier molecular flexibility index (Phi) is 4.94. The minimum Gasteiger partial charge on any atom is -0.361 e. The van der Waals surface area contributed by atoms with Crippen molar-refractivity contribution in [1.82, 2.24) is 30.6 Å². The number of rotatable bonds is 3. The highest BCUT2D eigenvalue weighted by Crippen LogP contribution is 2.23. The Hall–Kier alpha value is -3.23. The van der Waals surface area contributed by atoms with Gasteiger partial charge in [0.25, 0.3) is 5.91 Å². The number of nitrogens with one attached hydrogen (secondary N) is 3. The van der Waals surface area contributed by atoms with Crippen LogP contribution in [0.2, 0.25) is 0 Å². The predicted molar refractivity (Wildman–Crippen MR) is 112 cm³/mol. The number of aromatic amines is 1. The van der Waals surface area contributed by atoms with Crippen LogP contribution in [0.1, 0.15) is 28.4 Å². The number of piperazine rings is 1. The molecule has 2 fully saturated rings. The summed E-state index contributed by atoms with van der Waals surface area (Å²) in [5.41, 5.74) is 9.08. The van der Waals surface area contributed by atoms with Crippen LogP contribution in [0.3, 0.4) is 0 Å². The van der Waals surface area contributed by atoms with Crippen LogP contribution in [0.25, 0.3) is 10.9 Å². The molecule has 2 aliphatic heterocycles. The minimum absolute atomic E-state index is 0.0111. The molecule has 2 aromatic heterocycles. The fourth-order valence-electron chi connectivity index (χ4n) is 4.25. The lowest BCUT2D eigenvalue weighted by atomic mass is 10.0. The molecule has 0 saturated carbocycles. The van der Waals surface area contributed by atoms with E-state index < -0.39 is 0 Å². The Morgan fingerprint density at radius 3 is 2.50 bits per heavy atom. The average Bonchev–Trinajstić information content (AvgIpc) is 3.48. The number of hydrogen-bond donors (Lipinski definition) is 3. The Labute approximate surface area is 174 Å². The van der Waals surface area contributed by atoms with Crippen LogP contribution >= 0.6 is 0 Å². The van der Waals surface area contributed by atoms with E-state index in [1.165, 1.54) is 0 Å². The third-order valence-corrected chi connectivity index (χ3v) is 5.99. The molecule has 2 saturated heterocycles.